The van der Waals surface area contributed by atoms with Gasteiger partial charge in [-0.15, -0.1) is 0 Å². The summed E-state index contributed by atoms with van der Waals surface area (Å²) in [6, 6.07) is 3.69. The molecule has 0 aliphatic heterocycles. The van der Waals surface area contributed by atoms with Crippen molar-refractivity contribution in [3.8, 4) is 0 Å². The van der Waals surface area contributed by atoms with E-state index in [2.05, 4.69) is 10.3 Å². The van der Waals surface area contributed by atoms with Crippen molar-refractivity contribution in [2.45, 2.75) is 59.9 Å². The van der Waals surface area contributed by atoms with Crippen LogP contribution < -0.4 is 10.9 Å². The number of hydrogen-bond donors (Lipinski definition) is 1. The van der Waals surface area contributed by atoms with Crippen LogP contribution in [0.1, 0.15) is 58.9 Å². The monoisotopic (exact) mass is 329 g/mol. The van der Waals surface area contributed by atoms with E-state index in [1.165, 1.54) is 0 Å². The number of pyridine rings is 2. The minimum absolute atomic E-state index is 0.0173. The van der Waals surface area contributed by atoms with E-state index in [-0.39, 0.29) is 23.3 Å². The minimum Gasteiger partial charge on any atom is -0.315 e. The van der Waals surface area contributed by atoms with Crippen LogP contribution in [0.4, 0.5) is 5.82 Å². The zero-order chi connectivity index (χ0) is 17.9. The van der Waals surface area contributed by atoms with Gasteiger partial charge in [0, 0.05) is 18.7 Å². The average molecular weight is 329 g/mol. The first-order valence-electron chi connectivity index (χ1n) is 8.86. The summed E-state index contributed by atoms with van der Waals surface area (Å²) in [5, 5.41) is 3.54. The standard InChI is InChI=1S/C17H21N3O2.C2H6/c1-4-20-8-7-13-15(17(20)22)12(10(2)3)9-14(18-13)19-16(21)11-5-6-11;1-2/h7-11H,4-6H2,1-3H3,(H,18,19,21);1-2H3. The molecule has 0 aromatic carbocycles. The number of aryl methyl sites for hydroxylation is 1. The van der Waals surface area contributed by atoms with Crippen LogP contribution in [0, 0.1) is 5.92 Å². The Balaban J connectivity index is 0.00000100. The molecule has 1 fully saturated rings. The highest BCUT2D eigenvalue weighted by molar-refractivity contribution is 5.95. The molecule has 0 radical (unpaired) electrons. The van der Waals surface area contributed by atoms with Crippen molar-refractivity contribution in [2.24, 2.45) is 5.92 Å². The van der Waals surface area contributed by atoms with Gasteiger partial charge in [-0.2, -0.15) is 0 Å². The molecule has 0 atom stereocenters. The summed E-state index contributed by atoms with van der Waals surface area (Å²) >= 11 is 0. The molecule has 0 unspecified atom stereocenters. The predicted octanol–water partition coefficient (Wildman–Crippen LogP) is 3.91. The van der Waals surface area contributed by atoms with Crippen molar-refractivity contribution >= 4 is 22.6 Å². The molecule has 0 saturated heterocycles. The summed E-state index contributed by atoms with van der Waals surface area (Å²) in [4.78, 5) is 29.0. The van der Waals surface area contributed by atoms with E-state index < -0.39 is 0 Å². The summed E-state index contributed by atoms with van der Waals surface area (Å²) in [5.74, 6) is 0.890. The number of amides is 1. The Morgan fingerprint density at radius 1 is 1.38 bits per heavy atom. The van der Waals surface area contributed by atoms with Gasteiger partial charge in [0.1, 0.15) is 5.82 Å². The SMILES string of the molecule is CC.CCn1ccc2nc(NC(=O)C3CC3)cc(C(C)C)c2c1=O. The topological polar surface area (TPSA) is 64.0 Å². The van der Waals surface area contributed by atoms with Gasteiger partial charge < -0.3 is 9.88 Å². The molecule has 1 saturated carbocycles. The van der Waals surface area contributed by atoms with Gasteiger partial charge >= 0.3 is 0 Å². The van der Waals surface area contributed by atoms with Crippen molar-refractivity contribution < 1.29 is 4.79 Å². The number of carbonyl (C=O) groups is 1. The van der Waals surface area contributed by atoms with Crippen LogP contribution in [0.15, 0.2) is 23.1 Å². The highest BCUT2D eigenvalue weighted by Crippen LogP contribution is 2.31. The molecule has 2 aromatic heterocycles. The minimum atomic E-state index is -0.0173. The Morgan fingerprint density at radius 2 is 2.04 bits per heavy atom. The van der Waals surface area contributed by atoms with Gasteiger partial charge in [-0.3, -0.25) is 9.59 Å². The molecule has 1 aliphatic carbocycles. The van der Waals surface area contributed by atoms with E-state index in [9.17, 15) is 9.59 Å². The van der Waals surface area contributed by atoms with E-state index >= 15 is 0 Å². The molecule has 1 aliphatic rings. The second-order valence-electron chi connectivity index (χ2n) is 6.18. The Kier molecular flexibility index (Phi) is 5.75. The molecule has 3 rings (SSSR count). The third-order valence-electron chi connectivity index (χ3n) is 4.13. The van der Waals surface area contributed by atoms with E-state index in [0.717, 1.165) is 18.4 Å². The van der Waals surface area contributed by atoms with Gasteiger partial charge in [-0.05, 0) is 43.4 Å². The number of carbonyl (C=O) groups excluding carboxylic acids is 1. The summed E-state index contributed by atoms with van der Waals surface area (Å²) in [6.45, 7) is 10.7. The molecule has 0 bridgehead atoms. The number of anilines is 1. The largest absolute Gasteiger partial charge is 0.315 e. The van der Waals surface area contributed by atoms with Crippen molar-refractivity contribution in [2.75, 3.05) is 5.32 Å². The van der Waals surface area contributed by atoms with Crippen LogP contribution >= 0.6 is 0 Å². The fourth-order valence-electron chi connectivity index (χ4n) is 2.65. The van der Waals surface area contributed by atoms with Crippen molar-refractivity contribution in [1.82, 2.24) is 9.55 Å². The van der Waals surface area contributed by atoms with Crippen molar-refractivity contribution in [1.29, 1.82) is 0 Å². The first-order chi connectivity index (χ1) is 11.5. The molecule has 2 heterocycles. The van der Waals surface area contributed by atoms with Crippen molar-refractivity contribution in [3.05, 3.63) is 34.2 Å². The maximum Gasteiger partial charge on any atom is 0.260 e. The summed E-state index contributed by atoms with van der Waals surface area (Å²) < 4.78 is 1.68. The fraction of sp³-hybridized carbons (Fsp3) is 0.526. The number of rotatable bonds is 4. The van der Waals surface area contributed by atoms with Gasteiger partial charge in [0.25, 0.3) is 5.56 Å². The van der Waals surface area contributed by atoms with Crippen LogP contribution in [0.25, 0.3) is 10.9 Å². The molecule has 2 aromatic rings. The van der Waals surface area contributed by atoms with E-state index in [0.29, 0.717) is 23.3 Å². The molecular weight excluding hydrogens is 302 g/mol. The fourth-order valence-corrected chi connectivity index (χ4v) is 2.65. The molecule has 5 nitrogen and oxygen atoms in total. The lowest BCUT2D eigenvalue weighted by atomic mass is 9.99. The first-order valence-corrected chi connectivity index (χ1v) is 8.86. The normalized spacial score (nSPS) is 13.6. The van der Waals surface area contributed by atoms with Gasteiger partial charge in [-0.1, -0.05) is 27.7 Å². The summed E-state index contributed by atoms with van der Waals surface area (Å²) in [5.41, 5.74) is 1.56. The number of fused-ring (bicyclic) bond motifs is 1. The van der Waals surface area contributed by atoms with Gasteiger partial charge in [0.2, 0.25) is 5.91 Å². The predicted molar refractivity (Wildman–Crippen MR) is 98.5 cm³/mol. The van der Waals surface area contributed by atoms with Crippen LogP contribution in [-0.4, -0.2) is 15.5 Å². The van der Waals surface area contributed by atoms with Crippen molar-refractivity contribution in [3.63, 3.8) is 0 Å². The highest BCUT2D eigenvalue weighted by atomic mass is 16.2. The molecule has 1 N–H and O–H groups in total. The number of nitrogens with zero attached hydrogens (tertiary/aromatic N) is 2. The second-order valence-corrected chi connectivity index (χ2v) is 6.18. The van der Waals surface area contributed by atoms with E-state index in [1.54, 1.807) is 10.8 Å². The molecule has 5 heteroatoms. The van der Waals surface area contributed by atoms with Crippen LogP contribution in [-0.2, 0) is 11.3 Å². The van der Waals surface area contributed by atoms with E-state index in [1.807, 2.05) is 46.8 Å². The lowest BCUT2D eigenvalue weighted by Crippen LogP contribution is -2.21. The zero-order valence-electron chi connectivity index (χ0n) is 15.2. The number of aromatic nitrogens is 2. The quantitative estimate of drug-likeness (QED) is 0.925. The third kappa shape index (κ3) is 3.66. The Hall–Kier alpha value is -2.17. The Bertz CT molecular complexity index is 789. The number of nitrogens with one attached hydrogen (secondary N) is 1. The lowest BCUT2D eigenvalue weighted by molar-refractivity contribution is -0.117. The molecule has 0 spiro atoms. The Labute approximate surface area is 143 Å². The number of hydrogen-bond acceptors (Lipinski definition) is 3. The maximum atomic E-state index is 12.6. The Morgan fingerprint density at radius 3 is 2.58 bits per heavy atom. The summed E-state index contributed by atoms with van der Waals surface area (Å²) in [6.07, 6.45) is 3.67. The molecule has 1 amide bonds. The second kappa shape index (κ2) is 7.60. The molecule has 24 heavy (non-hydrogen) atoms. The zero-order valence-corrected chi connectivity index (χ0v) is 15.2. The third-order valence-corrected chi connectivity index (χ3v) is 4.13. The average Bonchev–Trinajstić information content (AvgIpc) is 3.41. The van der Waals surface area contributed by atoms with Gasteiger partial charge in [-0.25, -0.2) is 4.98 Å². The highest BCUT2D eigenvalue weighted by Gasteiger charge is 2.30. The smallest absolute Gasteiger partial charge is 0.260 e. The van der Waals surface area contributed by atoms with Gasteiger partial charge in [0.05, 0.1) is 10.9 Å². The molecule has 130 valence electrons. The molecular formula is C19H27N3O2. The maximum absolute atomic E-state index is 12.6. The van der Waals surface area contributed by atoms with Crippen LogP contribution in [0.2, 0.25) is 0 Å². The van der Waals surface area contributed by atoms with Crippen LogP contribution in [0.3, 0.4) is 0 Å². The van der Waals surface area contributed by atoms with Gasteiger partial charge in [0.15, 0.2) is 0 Å². The lowest BCUT2D eigenvalue weighted by Gasteiger charge is -2.14. The van der Waals surface area contributed by atoms with E-state index in [4.69, 9.17) is 0 Å². The van der Waals surface area contributed by atoms with Crippen LogP contribution in [0.5, 0.6) is 0 Å². The summed E-state index contributed by atoms with van der Waals surface area (Å²) in [7, 11) is 0. The first kappa shape index (κ1) is 18.2.